The Labute approximate surface area is 110 Å². The molecule has 98 valence electrons. The summed E-state index contributed by atoms with van der Waals surface area (Å²) >= 11 is 0. The lowest BCUT2D eigenvalue weighted by Gasteiger charge is -2.17. The highest BCUT2D eigenvalue weighted by molar-refractivity contribution is 5.17. The molecule has 0 heterocycles. The monoisotopic (exact) mass is 246 g/mol. The third-order valence-corrected chi connectivity index (χ3v) is 2.74. The zero-order valence-corrected chi connectivity index (χ0v) is 11.0. The lowest BCUT2D eigenvalue weighted by Crippen LogP contribution is -2.12. The Balaban J connectivity index is 2.52. The van der Waals surface area contributed by atoms with Gasteiger partial charge in [-0.1, -0.05) is 43.8 Å². The Morgan fingerprint density at radius 1 is 1.39 bits per heavy atom. The van der Waals surface area contributed by atoms with Crippen LogP contribution >= 0.6 is 0 Å². The van der Waals surface area contributed by atoms with Crippen molar-refractivity contribution in [2.24, 2.45) is 5.92 Å². The van der Waals surface area contributed by atoms with E-state index in [9.17, 15) is 5.11 Å². The fourth-order valence-electron chi connectivity index (χ4n) is 1.83. The maximum absolute atomic E-state index is 10.2. The summed E-state index contributed by atoms with van der Waals surface area (Å²) in [5, 5.41) is 10.2. The van der Waals surface area contributed by atoms with Gasteiger partial charge >= 0.3 is 0 Å². The van der Waals surface area contributed by atoms with Crippen molar-refractivity contribution in [3.05, 3.63) is 54.3 Å². The Hall–Kier alpha value is -1.34. The van der Waals surface area contributed by atoms with Crippen LogP contribution < -0.4 is 0 Å². The van der Waals surface area contributed by atoms with Crippen LogP contribution in [0.15, 0.2) is 48.7 Å². The first-order valence-corrected chi connectivity index (χ1v) is 6.44. The Bertz CT molecular complexity index is 366. The SMILES string of the molecule is C=C=CC(COCCC)CC(O)c1ccccc1. The quantitative estimate of drug-likeness (QED) is 0.562. The molecule has 2 heteroatoms. The van der Waals surface area contributed by atoms with Crippen LogP contribution in [-0.2, 0) is 4.74 Å². The van der Waals surface area contributed by atoms with Crippen molar-refractivity contribution in [1.82, 2.24) is 0 Å². The smallest absolute Gasteiger partial charge is 0.0796 e. The summed E-state index contributed by atoms with van der Waals surface area (Å²) in [6, 6.07) is 9.69. The van der Waals surface area contributed by atoms with Gasteiger partial charge in [0.05, 0.1) is 12.7 Å². The minimum absolute atomic E-state index is 0.157. The molecule has 2 nitrogen and oxygen atoms in total. The largest absolute Gasteiger partial charge is 0.388 e. The molecule has 0 fully saturated rings. The summed E-state index contributed by atoms with van der Waals surface area (Å²) in [4.78, 5) is 0. The van der Waals surface area contributed by atoms with Gasteiger partial charge in [-0.15, -0.1) is 5.73 Å². The van der Waals surface area contributed by atoms with Crippen LogP contribution in [0.4, 0.5) is 0 Å². The number of benzene rings is 1. The van der Waals surface area contributed by atoms with Crippen LogP contribution in [0.3, 0.4) is 0 Å². The summed E-state index contributed by atoms with van der Waals surface area (Å²) in [5.41, 5.74) is 3.73. The number of hydrogen-bond donors (Lipinski definition) is 1. The van der Waals surface area contributed by atoms with Gasteiger partial charge in [-0.2, -0.15) is 0 Å². The van der Waals surface area contributed by atoms with Crippen molar-refractivity contribution in [2.75, 3.05) is 13.2 Å². The van der Waals surface area contributed by atoms with E-state index in [4.69, 9.17) is 4.74 Å². The van der Waals surface area contributed by atoms with Gasteiger partial charge < -0.3 is 9.84 Å². The number of aliphatic hydroxyl groups is 1. The van der Waals surface area contributed by atoms with Gasteiger partial charge in [0, 0.05) is 12.5 Å². The van der Waals surface area contributed by atoms with E-state index < -0.39 is 6.10 Å². The second kappa shape index (κ2) is 8.71. The second-order valence-corrected chi connectivity index (χ2v) is 4.37. The van der Waals surface area contributed by atoms with Crippen molar-refractivity contribution in [1.29, 1.82) is 0 Å². The predicted molar refractivity (Wildman–Crippen MR) is 74.3 cm³/mol. The molecule has 0 saturated carbocycles. The Kier molecular flexibility index (Phi) is 7.12. The summed E-state index contributed by atoms with van der Waals surface area (Å²) in [5.74, 6) is 0.157. The van der Waals surface area contributed by atoms with E-state index in [1.54, 1.807) is 0 Å². The predicted octanol–water partition coefficient (Wildman–Crippen LogP) is 3.49. The van der Waals surface area contributed by atoms with Crippen molar-refractivity contribution < 1.29 is 9.84 Å². The molecule has 0 saturated heterocycles. The summed E-state index contributed by atoms with van der Waals surface area (Å²) in [6.07, 6.45) is 3.05. The van der Waals surface area contributed by atoms with Crippen molar-refractivity contribution in [3.63, 3.8) is 0 Å². The highest BCUT2D eigenvalue weighted by Gasteiger charge is 2.13. The van der Waals surface area contributed by atoms with E-state index in [1.807, 2.05) is 36.4 Å². The van der Waals surface area contributed by atoms with Gasteiger partial charge in [0.25, 0.3) is 0 Å². The number of aliphatic hydroxyl groups excluding tert-OH is 1. The van der Waals surface area contributed by atoms with Crippen molar-refractivity contribution in [3.8, 4) is 0 Å². The van der Waals surface area contributed by atoms with Gasteiger partial charge in [-0.25, -0.2) is 0 Å². The van der Waals surface area contributed by atoms with Gasteiger partial charge in [-0.3, -0.25) is 0 Å². The fraction of sp³-hybridized carbons (Fsp3) is 0.438. The third kappa shape index (κ3) is 5.33. The average Bonchev–Trinajstić information content (AvgIpc) is 2.40. The molecule has 0 radical (unpaired) electrons. The van der Waals surface area contributed by atoms with Crippen molar-refractivity contribution in [2.45, 2.75) is 25.9 Å². The zero-order valence-electron chi connectivity index (χ0n) is 11.0. The minimum Gasteiger partial charge on any atom is -0.388 e. The topological polar surface area (TPSA) is 29.5 Å². The molecule has 2 unspecified atom stereocenters. The van der Waals surface area contributed by atoms with Gasteiger partial charge in [0.1, 0.15) is 0 Å². The van der Waals surface area contributed by atoms with Crippen LogP contribution in [0.2, 0.25) is 0 Å². The third-order valence-electron chi connectivity index (χ3n) is 2.74. The van der Waals surface area contributed by atoms with Gasteiger partial charge in [-0.05, 0) is 24.5 Å². The Morgan fingerprint density at radius 2 is 2.11 bits per heavy atom. The minimum atomic E-state index is -0.467. The standard InChI is InChI=1S/C16H22O2/c1-3-8-14(13-18-11-4-2)12-16(17)15-9-6-5-7-10-15/h5-10,14,16-17H,1,4,11-13H2,2H3. The molecule has 0 aromatic heterocycles. The van der Waals surface area contributed by atoms with Crippen molar-refractivity contribution >= 4 is 0 Å². The van der Waals surface area contributed by atoms with Crippen LogP contribution in [0.1, 0.15) is 31.4 Å². The summed E-state index contributed by atoms with van der Waals surface area (Å²) < 4.78 is 5.52. The molecule has 1 aromatic carbocycles. The lowest BCUT2D eigenvalue weighted by molar-refractivity contribution is 0.0830. The van der Waals surface area contributed by atoms with Crippen LogP contribution in [0, 0.1) is 5.92 Å². The first-order valence-electron chi connectivity index (χ1n) is 6.44. The van der Waals surface area contributed by atoms with Crippen LogP contribution in [-0.4, -0.2) is 18.3 Å². The number of ether oxygens (including phenoxy) is 1. The molecular weight excluding hydrogens is 224 g/mol. The molecule has 0 amide bonds. The molecule has 0 bridgehead atoms. The molecule has 1 aromatic rings. The van der Waals surface area contributed by atoms with Crippen LogP contribution in [0.5, 0.6) is 0 Å². The zero-order chi connectivity index (χ0) is 13.2. The molecule has 0 spiro atoms. The van der Waals surface area contributed by atoms with Crippen LogP contribution in [0.25, 0.3) is 0 Å². The fourth-order valence-corrected chi connectivity index (χ4v) is 1.83. The first kappa shape index (κ1) is 14.7. The molecule has 0 aliphatic rings. The normalized spacial score (nSPS) is 13.7. The Morgan fingerprint density at radius 3 is 2.72 bits per heavy atom. The lowest BCUT2D eigenvalue weighted by atomic mass is 9.97. The molecule has 1 rings (SSSR count). The van der Waals surface area contributed by atoms with Gasteiger partial charge in [0.2, 0.25) is 0 Å². The van der Waals surface area contributed by atoms with Gasteiger partial charge in [0.15, 0.2) is 0 Å². The highest BCUT2D eigenvalue weighted by atomic mass is 16.5. The average molecular weight is 246 g/mol. The second-order valence-electron chi connectivity index (χ2n) is 4.37. The highest BCUT2D eigenvalue weighted by Crippen LogP contribution is 2.22. The molecule has 2 atom stereocenters. The summed E-state index contributed by atoms with van der Waals surface area (Å²) in [6.45, 7) is 7.04. The van der Waals surface area contributed by atoms with E-state index in [-0.39, 0.29) is 5.92 Å². The van der Waals surface area contributed by atoms with E-state index in [1.165, 1.54) is 0 Å². The van der Waals surface area contributed by atoms with E-state index in [0.717, 1.165) is 18.6 Å². The molecule has 1 N–H and O–H groups in total. The molecule has 0 aliphatic carbocycles. The van der Waals surface area contributed by atoms with E-state index in [2.05, 4.69) is 19.2 Å². The molecular formula is C16H22O2. The maximum Gasteiger partial charge on any atom is 0.0796 e. The number of rotatable bonds is 8. The molecule has 0 aliphatic heterocycles. The van der Waals surface area contributed by atoms with E-state index in [0.29, 0.717) is 13.0 Å². The molecule has 18 heavy (non-hydrogen) atoms. The number of hydrogen-bond acceptors (Lipinski definition) is 2. The summed E-state index contributed by atoms with van der Waals surface area (Å²) in [7, 11) is 0. The van der Waals surface area contributed by atoms with E-state index >= 15 is 0 Å². The first-order chi connectivity index (χ1) is 8.77. The maximum atomic E-state index is 10.2.